The minimum Gasteiger partial charge on any atom is -0.391 e. The molecule has 0 aromatic carbocycles. The maximum Gasteiger partial charge on any atom is 0.330 e. The van der Waals surface area contributed by atoms with E-state index in [1.165, 1.54) is 0 Å². The van der Waals surface area contributed by atoms with Gasteiger partial charge >= 0.3 is 5.69 Å². The van der Waals surface area contributed by atoms with Crippen LogP contribution in [0.5, 0.6) is 0 Å². The standard InChI is InChI=1S/C12H17FN2O6/c1-6(2)20-12(5-16)9(18)8(13)10(21-12)15-4-3-7(17)14-11(15)19/h3-4,6,8-10,16,18H,5H2,1-2H3,(H,14,17,19)/t8-,9+,10-,12-/m1/s1. The van der Waals surface area contributed by atoms with Crippen LogP contribution in [0.1, 0.15) is 20.1 Å². The number of aromatic amines is 1. The molecule has 0 aliphatic carbocycles. The molecule has 1 saturated heterocycles. The quantitative estimate of drug-likeness (QED) is 0.649. The average molecular weight is 304 g/mol. The van der Waals surface area contributed by atoms with Gasteiger partial charge in [-0.15, -0.1) is 0 Å². The molecule has 4 atom stereocenters. The van der Waals surface area contributed by atoms with Gasteiger partial charge in [-0.1, -0.05) is 0 Å². The van der Waals surface area contributed by atoms with Crippen LogP contribution < -0.4 is 11.2 Å². The zero-order valence-electron chi connectivity index (χ0n) is 11.5. The van der Waals surface area contributed by atoms with E-state index in [4.69, 9.17) is 9.47 Å². The van der Waals surface area contributed by atoms with Crippen LogP contribution in [-0.2, 0) is 9.47 Å². The Hall–Kier alpha value is -1.55. The van der Waals surface area contributed by atoms with Gasteiger partial charge in [0.2, 0.25) is 5.79 Å². The molecule has 0 bridgehead atoms. The molecule has 0 radical (unpaired) electrons. The van der Waals surface area contributed by atoms with E-state index in [1.807, 2.05) is 4.98 Å². The van der Waals surface area contributed by atoms with Crippen molar-refractivity contribution >= 4 is 0 Å². The van der Waals surface area contributed by atoms with E-state index in [1.54, 1.807) is 13.8 Å². The zero-order chi connectivity index (χ0) is 15.8. The summed E-state index contributed by atoms with van der Waals surface area (Å²) in [6.07, 6.45) is -4.72. The predicted molar refractivity (Wildman–Crippen MR) is 68.4 cm³/mol. The van der Waals surface area contributed by atoms with Gasteiger partial charge in [0.1, 0.15) is 12.7 Å². The van der Waals surface area contributed by atoms with Gasteiger partial charge in [0.25, 0.3) is 5.56 Å². The number of H-pyrrole nitrogens is 1. The first-order chi connectivity index (χ1) is 9.80. The van der Waals surface area contributed by atoms with Crippen molar-refractivity contribution in [3.63, 3.8) is 0 Å². The monoisotopic (exact) mass is 304 g/mol. The first-order valence-corrected chi connectivity index (χ1v) is 6.41. The highest BCUT2D eigenvalue weighted by molar-refractivity contribution is 4.97. The Morgan fingerprint density at radius 1 is 1.57 bits per heavy atom. The summed E-state index contributed by atoms with van der Waals surface area (Å²) >= 11 is 0. The molecule has 2 heterocycles. The zero-order valence-corrected chi connectivity index (χ0v) is 11.5. The molecule has 0 unspecified atom stereocenters. The van der Waals surface area contributed by atoms with Crippen LogP contribution in [0.3, 0.4) is 0 Å². The number of aliphatic hydroxyl groups is 2. The minimum absolute atomic E-state index is 0.454. The van der Waals surface area contributed by atoms with Crippen LogP contribution >= 0.6 is 0 Å². The van der Waals surface area contributed by atoms with E-state index >= 15 is 0 Å². The lowest BCUT2D eigenvalue weighted by molar-refractivity contribution is -0.294. The Morgan fingerprint density at radius 3 is 2.76 bits per heavy atom. The van der Waals surface area contributed by atoms with Gasteiger partial charge in [-0.3, -0.25) is 14.3 Å². The first-order valence-electron chi connectivity index (χ1n) is 6.41. The molecule has 0 spiro atoms. The summed E-state index contributed by atoms with van der Waals surface area (Å²) in [4.78, 5) is 24.6. The molecule has 118 valence electrons. The second-order valence-corrected chi connectivity index (χ2v) is 5.05. The van der Waals surface area contributed by atoms with Crippen LogP contribution in [0.25, 0.3) is 0 Å². The topological polar surface area (TPSA) is 114 Å². The van der Waals surface area contributed by atoms with Crippen LogP contribution in [0.2, 0.25) is 0 Å². The highest BCUT2D eigenvalue weighted by atomic mass is 19.1. The summed E-state index contributed by atoms with van der Waals surface area (Å²) in [7, 11) is 0. The fraction of sp³-hybridized carbons (Fsp3) is 0.667. The number of nitrogens with zero attached hydrogens (tertiary/aromatic N) is 1. The van der Waals surface area contributed by atoms with Crippen molar-refractivity contribution in [1.82, 2.24) is 9.55 Å². The molecule has 9 heteroatoms. The van der Waals surface area contributed by atoms with Crippen LogP contribution in [0.4, 0.5) is 4.39 Å². The fourth-order valence-corrected chi connectivity index (χ4v) is 2.24. The van der Waals surface area contributed by atoms with Gasteiger partial charge in [0.15, 0.2) is 12.4 Å². The Morgan fingerprint density at radius 2 is 2.24 bits per heavy atom. The molecule has 2 rings (SSSR count). The molecule has 21 heavy (non-hydrogen) atoms. The van der Waals surface area contributed by atoms with E-state index < -0.39 is 48.3 Å². The number of alkyl halides is 1. The second kappa shape index (κ2) is 5.68. The van der Waals surface area contributed by atoms with Crippen molar-refractivity contribution in [2.24, 2.45) is 0 Å². The van der Waals surface area contributed by atoms with Gasteiger partial charge in [-0.2, -0.15) is 0 Å². The summed E-state index contributed by atoms with van der Waals surface area (Å²) in [5.74, 6) is -1.96. The first kappa shape index (κ1) is 15.8. The molecule has 3 N–H and O–H groups in total. The summed E-state index contributed by atoms with van der Waals surface area (Å²) in [6, 6.07) is 1.02. The molecular weight excluding hydrogens is 287 g/mol. The lowest BCUT2D eigenvalue weighted by atomic mass is 10.1. The van der Waals surface area contributed by atoms with E-state index in [0.29, 0.717) is 0 Å². The average Bonchev–Trinajstić information content (AvgIpc) is 2.64. The normalized spacial score (nSPS) is 32.8. The van der Waals surface area contributed by atoms with Gasteiger partial charge in [0, 0.05) is 12.3 Å². The Balaban J connectivity index is 2.39. The van der Waals surface area contributed by atoms with Crippen molar-refractivity contribution in [2.45, 2.75) is 44.2 Å². The summed E-state index contributed by atoms with van der Waals surface area (Å²) in [5, 5.41) is 19.4. The molecule has 0 saturated carbocycles. The third-order valence-corrected chi connectivity index (χ3v) is 3.13. The molecule has 0 amide bonds. The smallest absolute Gasteiger partial charge is 0.330 e. The van der Waals surface area contributed by atoms with Crippen molar-refractivity contribution < 1.29 is 24.1 Å². The van der Waals surface area contributed by atoms with Crippen molar-refractivity contribution in [2.75, 3.05) is 6.61 Å². The van der Waals surface area contributed by atoms with E-state index in [2.05, 4.69) is 0 Å². The van der Waals surface area contributed by atoms with Gasteiger partial charge < -0.3 is 19.7 Å². The summed E-state index contributed by atoms with van der Waals surface area (Å²) in [5.41, 5.74) is -1.53. The summed E-state index contributed by atoms with van der Waals surface area (Å²) in [6.45, 7) is 2.46. The predicted octanol–water partition coefficient (Wildman–Crippen LogP) is -1.12. The highest BCUT2D eigenvalue weighted by Gasteiger charge is 2.57. The van der Waals surface area contributed by atoms with E-state index in [-0.39, 0.29) is 0 Å². The SMILES string of the molecule is CC(C)O[C@]1(CO)O[C@@H](n2ccc(=O)[nH]c2=O)[C@H](F)[C@@H]1O. The molecule has 1 aromatic heterocycles. The number of ether oxygens (including phenoxy) is 2. The lowest BCUT2D eigenvalue weighted by Crippen LogP contribution is -2.49. The number of aromatic nitrogens is 2. The number of hydrogen-bond donors (Lipinski definition) is 3. The molecule has 1 aliphatic rings. The molecule has 1 aromatic rings. The third-order valence-electron chi connectivity index (χ3n) is 3.13. The number of halogens is 1. The largest absolute Gasteiger partial charge is 0.391 e. The van der Waals surface area contributed by atoms with Crippen molar-refractivity contribution in [3.8, 4) is 0 Å². The second-order valence-electron chi connectivity index (χ2n) is 5.05. The maximum absolute atomic E-state index is 14.3. The lowest BCUT2D eigenvalue weighted by Gasteiger charge is -2.31. The Labute approximate surface area is 118 Å². The number of aliphatic hydroxyl groups excluding tert-OH is 2. The molecule has 1 fully saturated rings. The van der Waals surface area contributed by atoms with E-state index in [9.17, 15) is 24.2 Å². The minimum atomic E-state index is -2.01. The Bertz CT molecular complexity index is 614. The van der Waals surface area contributed by atoms with E-state index in [0.717, 1.165) is 16.8 Å². The Kier molecular flexibility index (Phi) is 4.28. The van der Waals surface area contributed by atoms with Gasteiger partial charge in [-0.05, 0) is 13.8 Å². The van der Waals surface area contributed by atoms with Crippen molar-refractivity contribution in [3.05, 3.63) is 33.1 Å². The van der Waals surface area contributed by atoms with Crippen LogP contribution in [-0.4, -0.2) is 50.5 Å². The number of nitrogens with one attached hydrogen (secondary N) is 1. The fourth-order valence-electron chi connectivity index (χ4n) is 2.24. The maximum atomic E-state index is 14.3. The molecule has 1 aliphatic heterocycles. The van der Waals surface area contributed by atoms with Crippen LogP contribution in [0, 0.1) is 0 Å². The molecule has 8 nitrogen and oxygen atoms in total. The highest BCUT2D eigenvalue weighted by Crippen LogP contribution is 2.39. The van der Waals surface area contributed by atoms with Crippen molar-refractivity contribution in [1.29, 1.82) is 0 Å². The number of hydrogen-bond acceptors (Lipinski definition) is 6. The summed E-state index contributed by atoms with van der Waals surface area (Å²) < 4.78 is 25.6. The molecular formula is C12H17FN2O6. The van der Waals surface area contributed by atoms with Gasteiger partial charge in [0.05, 0.1) is 6.10 Å². The van der Waals surface area contributed by atoms with Crippen LogP contribution in [0.15, 0.2) is 21.9 Å². The number of rotatable bonds is 4. The third kappa shape index (κ3) is 2.77. The van der Waals surface area contributed by atoms with Gasteiger partial charge in [-0.25, -0.2) is 9.18 Å².